The molecule has 0 saturated carbocycles. The Balaban J connectivity index is 1.39. The first kappa shape index (κ1) is 25.4. The van der Waals surface area contributed by atoms with Gasteiger partial charge in [0.15, 0.2) is 0 Å². The highest BCUT2D eigenvalue weighted by atomic mass is 14.5. The zero-order valence-corrected chi connectivity index (χ0v) is 25.8. The van der Waals surface area contributed by atoms with Crippen molar-refractivity contribution in [3.63, 3.8) is 0 Å². The van der Waals surface area contributed by atoms with Gasteiger partial charge in [0.2, 0.25) is 0 Å². The van der Waals surface area contributed by atoms with Crippen molar-refractivity contribution in [3.8, 4) is 33.4 Å². The van der Waals surface area contributed by atoms with Crippen molar-refractivity contribution in [1.29, 1.82) is 0 Å². The molecule has 10 rings (SSSR count). The Morgan fingerprint density at radius 2 is 1.36 bits per heavy atom. The van der Waals surface area contributed by atoms with Crippen LogP contribution in [0.2, 0.25) is 0 Å². The molecule has 0 aliphatic heterocycles. The van der Waals surface area contributed by atoms with Crippen LogP contribution in [0.3, 0.4) is 0 Å². The Morgan fingerprint density at radius 3 is 2.16 bits per heavy atom. The summed E-state index contributed by atoms with van der Waals surface area (Å²) in [4.78, 5) is 0. The fraction of sp³-hybridized carbons (Fsp3) is 0.156. The van der Waals surface area contributed by atoms with Gasteiger partial charge >= 0.3 is 0 Å². The largest absolute Gasteiger partial charge is 0.0842 e. The second kappa shape index (κ2) is 9.29. The van der Waals surface area contributed by atoms with Crippen molar-refractivity contribution in [2.45, 2.75) is 32.6 Å². The number of allylic oxidation sites excluding steroid dienone is 12. The summed E-state index contributed by atoms with van der Waals surface area (Å²) >= 11 is 0. The lowest BCUT2D eigenvalue weighted by atomic mass is 9.70. The predicted octanol–water partition coefficient (Wildman–Crippen LogP) is 12.2. The first-order chi connectivity index (χ1) is 22.2. The van der Waals surface area contributed by atoms with Crippen LogP contribution in [0.4, 0.5) is 0 Å². The van der Waals surface area contributed by atoms with Crippen LogP contribution in [-0.4, -0.2) is 0 Å². The monoisotopic (exact) mass is 574 g/mol. The van der Waals surface area contributed by atoms with Gasteiger partial charge in [-0.15, -0.1) is 0 Å². The third kappa shape index (κ3) is 3.32. The molecule has 0 amide bonds. The van der Waals surface area contributed by atoms with Crippen LogP contribution in [0.25, 0.3) is 66.1 Å². The fourth-order valence-corrected chi connectivity index (χ4v) is 9.32. The number of hydrogen-bond donors (Lipinski definition) is 0. The molecule has 214 valence electrons. The number of fused-ring (bicyclic) bond motifs is 8. The van der Waals surface area contributed by atoms with Crippen LogP contribution in [0.15, 0.2) is 139 Å². The van der Waals surface area contributed by atoms with E-state index in [1.54, 1.807) is 0 Å². The summed E-state index contributed by atoms with van der Waals surface area (Å²) in [5.74, 6) is 1.09. The molecule has 5 aliphatic carbocycles. The zero-order chi connectivity index (χ0) is 29.8. The molecular weight excluding hydrogens is 540 g/mol. The second-order valence-corrected chi connectivity index (χ2v) is 13.6. The fourth-order valence-electron chi connectivity index (χ4n) is 9.32. The van der Waals surface area contributed by atoms with Gasteiger partial charge in [-0.25, -0.2) is 0 Å². The van der Waals surface area contributed by atoms with E-state index in [0.29, 0.717) is 17.8 Å². The van der Waals surface area contributed by atoms with Crippen molar-refractivity contribution in [2.75, 3.05) is 0 Å². The SMILES string of the molecule is CC(C)c1c2c(c(-c3ccccc3)c3c1cc1c4c(cccc43)-c3ccccc3-1)C1=CC=CC3C(C4=CC=CCC4)=CC=C2C13. The zero-order valence-electron chi connectivity index (χ0n) is 25.8. The highest BCUT2D eigenvalue weighted by molar-refractivity contribution is 6.29. The van der Waals surface area contributed by atoms with E-state index < -0.39 is 0 Å². The smallest absolute Gasteiger partial charge is 0.0206 e. The van der Waals surface area contributed by atoms with Gasteiger partial charge in [-0.05, 0) is 119 Å². The van der Waals surface area contributed by atoms with Gasteiger partial charge < -0.3 is 0 Å². The van der Waals surface area contributed by atoms with E-state index in [-0.39, 0.29) is 0 Å². The maximum Gasteiger partial charge on any atom is 0.0206 e. The van der Waals surface area contributed by atoms with Gasteiger partial charge in [-0.1, -0.05) is 135 Å². The van der Waals surface area contributed by atoms with E-state index in [0.717, 1.165) is 12.8 Å². The molecule has 2 atom stereocenters. The van der Waals surface area contributed by atoms with Gasteiger partial charge in [0, 0.05) is 11.8 Å². The summed E-state index contributed by atoms with van der Waals surface area (Å²) in [5, 5.41) is 5.62. The molecule has 0 N–H and O–H groups in total. The van der Waals surface area contributed by atoms with Gasteiger partial charge in [0.1, 0.15) is 0 Å². The lowest BCUT2D eigenvalue weighted by Gasteiger charge is -2.33. The molecule has 0 radical (unpaired) electrons. The topological polar surface area (TPSA) is 0 Å². The van der Waals surface area contributed by atoms with E-state index in [1.165, 1.54) is 93.9 Å². The molecular formula is C45H34. The van der Waals surface area contributed by atoms with E-state index in [2.05, 4.69) is 141 Å². The van der Waals surface area contributed by atoms with Crippen molar-refractivity contribution < 1.29 is 0 Å². The third-order valence-electron chi connectivity index (χ3n) is 11.0. The van der Waals surface area contributed by atoms with Gasteiger partial charge in [0.05, 0.1) is 0 Å². The van der Waals surface area contributed by atoms with E-state index in [4.69, 9.17) is 0 Å². The Hall–Kier alpha value is -4.94. The normalized spacial score (nSPS) is 20.2. The molecule has 0 aromatic heterocycles. The molecule has 5 aliphatic rings. The van der Waals surface area contributed by atoms with Crippen LogP contribution in [-0.2, 0) is 0 Å². The standard InChI is InChI=1S/C45H34/c1-26(2)39-38-25-37-31-18-10-9-17-30(31)33-20-12-21-34(42(33)37)43(38)40(28-15-7-4-8-16-28)45-35-22-11-19-32-29(27-13-5-3-6-14-27)23-24-36(41(32)35)44(39)45/h3-5,7-13,15-26,32,41H,6,14H2,1-2H3. The Bertz CT molecular complexity index is 2330. The molecule has 2 unspecified atom stereocenters. The number of hydrogen-bond acceptors (Lipinski definition) is 0. The summed E-state index contributed by atoms with van der Waals surface area (Å²) in [6, 6.07) is 29.8. The molecule has 0 bridgehead atoms. The quantitative estimate of drug-likeness (QED) is 0.184. The minimum Gasteiger partial charge on any atom is -0.0842 e. The minimum absolute atomic E-state index is 0.350. The van der Waals surface area contributed by atoms with Crippen molar-refractivity contribution in [3.05, 3.63) is 155 Å². The van der Waals surface area contributed by atoms with Crippen LogP contribution >= 0.6 is 0 Å². The van der Waals surface area contributed by atoms with Crippen LogP contribution in [0, 0.1) is 11.8 Å². The van der Waals surface area contributed by atoms with Crippen LogP contribution in [0.5, 0.6) is 0 Å². The molecule has 0 saturated heterocycles. The molecule has 45 heavy (non-hydrogen) atoms. The van der Waals surface area contributed by atoms with Crippen molar-refractivity contribution in [2.24, 2.45) is 11.8 Å². The first-order valence-corrected chi connectivity index (χ1v) is 16.6. The lowest BCUT2D eigenvalue weighted by Crippen LogP contribution is -2.20. The van der Waals surface area contributed by atoms with Crippen LogP contribution < -0.4 is 0 Å². The Labute approximate surface area is 265 Å². The Morgan fingerprint density at radius 1 is 0.600 bits per heavy atom. The number of rotatable bonds is 3. The molecule has 0 heteroatoms. The van der Waals surface area contributed by atoms with Gasteiger partial charge in [-0.2, -0.15) is 0 Å². The summed E-state index contributed by atoms with van der Waals surface area (Å²) < 4.78 is 0. The van der Waals surface area contributed by atoms with Crippen molar-refractivity contribution >= 4 is 32.7 Å². The third-order valence-corrected chi connectivity index (χ3v) is 11.0. The lowest BCUT2D eigenvalue weighted by molar-refractivity contribution is 0.662. The average Bonchev–Trinajstić information content (AvgIpc) is 3.59. The highest BCUT2D eigenvalue weighted by Crippen LogP contribution is 2.62. The summed E-state index contributed by atoms with van der Waals surface area (Å²) in [5.41, 5.74) is 18.7. The number of benzene rings is 5. The summed E-state index contributed by atoms with van der Waals surface area (Å²) in [6.07, 6.45) is 21.4. The first-order valence-electron chi connectivity index (χ1n) is 16.6. The predicted molar refractivity (Wildman–Crippen MR) is 192 cm³/mol. The molecule has 0 fully saturated rings. The minimum atomic E-state index is 0.350. The van der Waals surface area contributed by atoms with E-state index >= 15 is 0 Å². The summed E-state index contributed by atoms with van der Waals surface area (Å²) in [7, 11) is 0. The molecule has 5 aromatic carbocycles. The van der Waals surface area contributed by atoms with Gasteiger partial charge in [-0.3, -0.25) is 0 Å². The Kier molecular flexibility index (Phi) is 5.24. The molecule has 0 nitrogen and oxygen atoms in total. The van der Waals surface area contributed by atoms with Crippen molar-refractivity contribution in [1.82, 2.24) is 0 Å². The van der Waals surface area contributed by atoms with E-state index in [9.17, 15) is 0 Å². The molecule has 0 spiro atoms. The molecule has 5 aromatic rings. The maximum atomic E-state index is 2.56. The van der Waals surface area contributed by atoms with Gasteiger partial charge in [0.25, 0.3) is 0 Å². The summed E-state index contributed by atoms with van der Waals surface area (Å²) in [6.45, 7) is 4.81. The average molecular weight is 575 g/mol. The second-order valence-electron chi connectivity index (χ2n) is 13.6. The maximum absolute atomic E-state index is 2.56. The molecule has 0 heterocycles. The van der Waals surface area contributed by atoms with E-state index in [1.807, 2.05) is 0 Å². The van der Waals surface area contributed by atoms with Crippen LogP contribution in [0.1, 0.15) is 49.3 Å². The highest BCUT2D eigenvalue weighted by Gasteiger charge is 2.44.